The van der Waals surface area contributed by atoms with E-state index in [1.807, 2.05) is 12.1 Å². The number of carbonyl (C=O) groups is 2. The average molecular weight is 685 g/mol. The van der Waals surface area contributed by atoms with Crippen LogP contribution in [0.25, 0.3) is 0 Å². The molecule has 5 aliphatic carbocycles. The summed E-state index contributed by atoms with van der Waals surface area (Å²) < 4.78 is 62.9. The molecule has 4 bridgehead atoms. The van der Waals surface area contributed by atoms with Crippen molar-refractivity contribution < 1.29 is 56.1 Å². The zero-order valence-corrected chi connectivity index (χ0v) is 28.1. The molecule has 47 heavy (non-hydrogen) atoms. The van der Waals surface area contributed by atoms with E-state index in [4.69, 9.17) is 48.1 Å². The third-order valence-electron chi connectivity index (χ3n) is 10.5. The number of nitriles is 2. The number of phosphoric acid groups is 1. The van der Waals surface area contributed by atoms with Gasteiger partial charge >= 0.3 is 25.4 Å². The summed E-state index contributed by atoms with van der Waals surface area (Å²) in [6, 6.07) is 3.86. The summed E-state index contributed by atoms with van der Waals surface area (Å²) in [4.78, 5) is 37.6. The van der Waals surface area contributed by atoms with E-state index in [1.165, 1.54) is 20.3 Å². The SMILES string of the molecule is CCOC(=O)C(F)(CCOC1(C2CCCC(OP(=O)(OCCC#N)OCCC#N)C2)OOC12C1CC3CC(C1)CC2C3)C(=O)OCC. The van der Waals surface area contributed by atoms with E-state index >= 15 is 4.39 Å². The van der Waals surface area contributed by atoms with Gasteiger partial charge in [-0.1, -0.05) is 6.42 Å². The smallest absolute Gasteiger partial charge is 0.463 e. The first-order chi connectivity index (χ1) is 22.6. The zero-order chi connectivity index (χ0) is 33.7. The fourth-order valence-electron chi connectivity index (χ4n) is 8.85. The summed E-state index contributed by atoms with van der Waals surface area (Å²) in [6.45, 7) is 2.12. The maximum absolute atomic E-state index is 16.1. The van der Waals surface area contributed by atoms with Crippen molar-refractivity contribution in [3.63, 3.8) is 0 Å². The number of hydrogen-bond acceptors (Lipinski definition) is 13. The van der Waals surface area contributed by atoms with Crippen molar-refractivity contribution in [2.24, 2.45) is 29.6 Å². The molecule has 1 heterocycles. The molecule has 1 aliphatic heterocycles. The topological polar surface area (TPSA) is 173 Å². The van der Waals surface area contributed by atoms with E-state index in [-0.39, 0.29) is 63.6 Å². The second-order valence-corrected chi connectivity index (χ2v) is 14.9. The zero-order valence-electron chi connectivity index (χ0n) is 27.2. The van der Waals surface area contributed by atoms with Gasteiger partial charge in [0.15, 0.2) is 5.60 Å². The molecular formula is C32H46FN2O11P. The quantitative estimate of drug-likeness (QED) is 0.0608. The maximum atomic E-state index is 16.1. The monoisotopic (exact) mass is 684 g/mol. The minimum Gasteiger partial charge on any atom is -0.463 e. The van der Waals surface area contributed by atoms with Gasteiger partial charge in [-0.05, 0) is 88.9 Å². The van der Waals surface area contributed by atoms with Crippen molar-refractivity contribution >= 4 is 19.8 Å². The average Bonchev–Trinajstić information content (AvgIpc) is 3.02. The molecule has 0 aromatic heterocycles. The largest absolute Gasteiger partial charge is 0.475 e. The van der Waals surface area contributed by atoms with Gasteiger partial charge in [-0.25, -0.2) is 23.4 Å². The fourth-order valence-corrected chi connectivity index (χ4v) is 10.2. The first-order valence-corrected chi connectivity index (χ1v) is 18.4. The molecule has 3 unspecified atom stereocenters. The predicted octanol–water partition coefficient (Wildman–Crippen LogP) is 5.62. The Morgan fingerprint density at radius 2 is 1.43 bits per heavy atom. The van der Waals surface area contributed by atoms with E-state index in [0.29, 0.717) is 37.5 Å². The van der Waals surface area contributed by atoms with E-state index in [2.05, 4.69) is 0 Å². The minimum atomic E-state index is -4.12. The third-order valence-corrected chi connectivity index (χ3v) is 12.1. The van der Waals surface area contributed by atoms with Crippen LogP contribution in [-0.2, 0) is 51.7 Å². The van der Waals surface area contributed by atoms with Crippen LogP contribution < -0.4 is 0 Å². The minimum absolute atomic E-state index is 0.0225. The van der Waals surface area contributed by atoms with Gasteiger partial charge in [0.1, 0.15) is 0 Å². The summed E-state index contributed by atoms with van der Waals surface area (Å²) >= 11 is 0. The highest BCUT2D eigenvalue weighted by Crippen LogP contribution is 2.69. The van der Waals surface area contributed by atoms with E-state index < -0.39 is 49.3 Å². The van der Waals surface area contributed by atoms with Gasteiger partial charge in [0.05, 0.1) is 64.1 Å². The Kier molecular flexibility index (Phi) is 11.7. The molecule has 13 nitrogen and oxygen atoms in total. The Balaban J connectivity index is 1.39. The number of hydrogen-bond donors (Lipinski definition) is 0. The van der Waals surface area contributed by atoms with Crippen LogP contribution in [0.2, 0.25) is 0 Å². The number of nitrogens with zero attached hydrogens (tertiary/aromatic N) is 2. The number of alkyl halides is 1. The second-order valence-electron chi connectivity index (χ2n) is 13.3. The van der Waals surface area contributed by atoms with Gasteiger partial charge in [-0.15, -0.1) is 0 Å². The number of ether oxygens (including phenoxy) is 3. The molecule has 6 rings (SSSR count). The van der Waals surface area contributed by atoms with Gasteiger partial charge in [0.2, 0.25) is 5.79 Å². The molecule has 1 saturated heterocycles. The van der Waals surface area contributed by atoms with Crippen molar-refractivity contribution in [2.45, 2.75) is 114 Å². The first-order valence-electron chi connectivity index (χ1n) is 16.9. The van der Waals surface area contributed by atoms with Crippen LogP contribution in [0.1, 0.15) is 90.9 Å². The Bertz CT molecular complexity index is 1200. The van der Waals surface area contributed by atoms with Crippen molar-refractivity contribution in [3.05, 3.63) is 0 Å². The summed E-state index contributed by atoms with van der Waals surface area (Å²) in [5.41, 5.74) is -3.88. The Morgan fingerprint density at radius 1 is 0.851 bits per heavy atom. The lowest BCUT2D eigenvalue weighted by molar-refractivity contribution is -0.649. The number of phosphoric ester groups is 1. The van der Waals surface area contributed by atoms with Gasteiger partial charge in [-0.3, -0.25) is 13.6 Å². The Hall–Kier alpha value is -2.16. The van der Waals surface area contributed by atoms with Crippen molar-refractivity contribution in [1.29, 1.82) is 10.5 Å². The summed E-state index contributed by atoms with van der Waals surface area (Å²) in [5.74, 6) is -2.86. The lowest BCUT2D eigenvalue weighted by atomic mass is 9.46. The molecule has 6 aliphatic rings. The van der Waals surface area contributed by atoms with Crippen molar-refractivity contribution in [2.75, 3.05) is 33.0 Å². The summed E-state index contributed by atoms with van der Waals surface area (Å²) in [7, 11) is -4.12. The van der Waals surface area contributed by atoms with Crippen LogP contribution in [0.3, 0.4) is 0 Å². The third kappa shape index (κ3) is 6.98. The van der Waals surface area contributed by atoms with Crippen molar-refractivity contribution in [1.82, 2.24) is 0 Å². The van der Waals surface area contributed by atoms with Crippen LogP contribution in [0, 0.1) is 52.3 Å². The maximum Gasteiger partial charge on any atom is 0.475 e. The van der Waals surface area contributed by atoms with Crippen LogP contribution >= 0.6 is 7.82 Å². The van der Waals surface area contributed by atoms with Gasteiger partial charge in [0.25, 0.3) is 0 Å². The summed E-state index contributed by atoms with van der Waals surface area (Å²) in [6.07, 6.45) is 5.88. The molecule has 0 amide bonds. The molecule has 0 aromatic rings. The highest BCUT2D eigenvalue weighted by Gasteiger charge is 2.78. The molecule has 0 N–H and O–H groups in total. The molecule has 6 fully saturated rings. The second kappa shape index (κ2) is 15.2. The molecule has 1 spiro atoms. The Labute approximate surface area is 275 Å². The number of halogens is 1. The predicted molar refractivity (Wildman–Crippen MR) is 159 cm³/mol. The highest BCUT2D eigenvalue weighted by atomic mass is 31.2. The Morgan fingerprint density at radius 3 is 1.91 bits per heavy atom. The fraction of sp³-hybridized carbons (Fsp3) is 0.875. The molecule has 5 saturated carbocycles. The van der Waals surface area contributed by atoms with Gasteiger partial charge in [0, 0.05) is 12.3 Å². The number of carbonyl (C=O) groups excluding carboxylic acids is 2. The van der Waals surface area contributed by atoms with E-state index in [0.717, 1.165) is 25.7 Å². The number of esters is 2. The number of rotatable bonds is 17. The van der Waals surface area contributed by atoms with E-state index in [9.17, 15) is 14.2 Å². The molecule has 15 heteroatoms. The molecule has 0 aromatic carbocycles. The van der Waals surface area contributed by atoms with Crippen LogP contribution in [0.15, 0.2) is 0 Å². The molecular weight excluding hydrogens is 638 g/mol. The molecule has 3 atom stereocenters. The van der Waals surface area contributed by atoms with Gasteiger partial charge in [-0.2, -0.15) is 15.4 Å². The molecule has 0 radical (unpaired) electrons. The lowest BCUT2D eigenvalue weighted by Gasteiger charge is -2.70. The normalized spacial score (nSPS) is 34.3. The van der Waals surface area contributed by atoms with Gasteiger partial charge < -0.3 is 14.2 Å². The van der Waals surface area contributed by atoms with E-state index in [1.54, 1.807) is 0 Å². The van der Waals surface area contributed by atoms with Crippen molar-refractivity contribution in [3.8, 4) is 12.1 Å². The van der Waals surface area contributed by atoms with Crippen LogP contribution in [0.4, 0.5) is 4.39 Å². The van der Waals surface area contributed by atoms with Crippen LogP contribution in [-0.4, -0.2) is 68.1 Å². The lowest BCUT2D eigenvalue weighted by Crippen LogP contribution is -2.81. The summed E-state index contributed by atoms with van der Waals surface area (Å²) in [5, 5.41) is 17.9. The molecule has 262 valence electrons. The van der Waals surface area contributed by atoms with Crippen LogP contribution in [0.5, 0.6) is 0 Å². The standard InChI is InChI=1S/C32H46FN2O11P/c1-3-39-28(36)30(33,29(37)40-4-2)10-15-41-32(31(45-46-32)25-17-22-16-23(19-25)20-26(31)18-22)24-8-5-9-27(21-24)44-47(38,42-13-6-11-34)43-14-7-12-35/h22-27H,3-10,13-21H2,1-2H3. The first kappa shape index (κ1) is 36.1. The highest BCUT2D eigenvalue weighted by molar-refractivity contribution is 7.48.